The lowest BCUT2D eigenvalue weighted by atomic mass is 9.90. The molecule has 0 heterocycles. The van der Waals surface area contributed by atoms with Crippen LogP contribution in [0.15, 0.2) is 72.2 Å². The van der Waals surface area contributed by atoms with E-state index < -0.39 is 0 Å². The van der Waals surface area contributed by atoms with Crippen molar-refractivity contribution in [2.24, 2.45) is 5.92 Å². The van der Waals surface area contributed by atoms with Gasteiger partial charge in [0, 0.05) is 5.70 Å². The first kappa shape index (κ1) is 22.7. The van der Waals surface area contributed by atoms with Crippen molar-refractivity contribution in [2.75, 3.05) is 0 Å². The third-order valence-corrected chi connectivity index (χ3v) is 4.42. The van der Waals surface area contributed by atoms with Crippen LogP contribution in [0.2, 0.25) is 0 Å². The van der Waals surface area contributed by atoms with E-state index in [1.807, 2.05) is 25.3 Å². The quantitative estimate of drug-likeness (QED) is 0.243. The summed E-state index contributed by atoms with van der Waals surface area (Å²) in [5.74, 6) is 0.392. The number of rotatable bonds is 12. The molecule has 1 unspecified atom stereocenters. The molecule has 0 rings (SSSR count). The normalized spacial score (nSPS) is 13.8. The lowest BCUT2D eigenvalue weighted by Crippen LogP contribution is -2.02. The molecule has 0 aromatic heterocycles. The van der Waals surface area contributed by atoms with E-state index in [0.717, 1.165) is 48.9 Å². The summed E-state index contributed by atoms with van der Waals surface area (Å²) in [6.07, 6.45) is 12.6. The first-order chi connectivity index (χ1) is 11.9. The predicted octanol–water partition coefficient (Wildman–Crippen LogP) is 6.74. The second kappa shape index (κ2) is 13.1. The first-order valence-corrected chi connectivity index (χ1v) is 9.10. The molecule has 1 N–H and O–H groups in total. The summed E-state index contributed by atoms with van der Waals surface area (Å²) in [7, 11) is 0. The van der Waals surface area contributed by atoms with Gasteiger partial charge in [-0.2, -0.15) is 5.26 Å². The number of nitrogens with one attached hydrogen (secondary N) is 1. The fraction of sp³-hybridized carbons (Fsp3) is 0.435. The van der Waals surface area contributed by atoms with Gasteiger partial charge >= 0.3 is 0 Å². The van der Waals surface area contributed by atoms with Crippen LogP contribution in [0.1, 0.15) is 59.8 Å². The average molecular weight is 339 g/mol. The Morgan fingerprint density at radius 3 is 2.44 bits per heavy atom. The number of hydrogen-bond donors (Lipinski definition) is 1. The minimum absolute atomic E-state index is 0.392. The van der Waals surface area contributed by atoms with Crippen molar-refractivity contribution in [3.8, 4) is 6.07 Å². The highest BCUT2D eigenvalue weighted by Crippen LogP contribution is 2.25. The Balaban J connectivity index is 5.08. The molecule has 0 aromatic carbocycles. The monoisotopic (exact) mass is 338 g/mol. The Morgan fingerprint density at radius 2 is 1.92 bits per heavy atom. The van der Waals surface area contributed by atoms with Gasteiger partial charge in [0.05, 0.1) is 11.6 Å². The van der Waals surface area contributed by atoms with Crippen LogP contribution in [-0.4, -0.2) is 0 Å². The number of allylic oxidation sites excluding steroid dienone is 8. The molecule has 2 nitrogen and oxygen atoms in total. The molecular weight excluding hydrogens is 304 g/mol. The van der Waals surface area contributed by atoms with Crippen LogP contribution in [0.5, 0.6) is 0 Å². The van der Waals surface area contributed by atoms with Crippen molar-refractivity contribution in [3.05, 3.63) is 72.2 Å². The van der Waals surface area contributed by atoms with E-state index >= 15 is 0 Å². The lowest BCUT2D eigenvalue weighted by molar-refractivity contribution is 0.609. The van der Waals surface area contributed by atoms with E-state index in [0.29, 0.717) is 11.5 Å². The van der Waals surface area contributed by atoms with Gasteiger partial charge in [-0.05, 0) is 62.8 Å². The van der Waals surface area contributed by atoms with Gasteiger partial charge in [0.2, 0.25) is 0 Å². The maximum absolute atomic E-state index is 9.51. The van der Waals surface area contributed by atoms with Crippen LogP contribution >= 0.6 is 0 Å². The molecule has 136 valence electrons. The Kier molecular flexibility index (Phi) is 11.9. The summed E-state index contributed by atoms with van der Waals surface area (Å²) in [5, 5.41) is 12.7. The smallest absolute Gasteiger partial charge is 0.0994 e. The van der Waals surface area contributed by atoms with Gasteiger partial charge in [0.1, 0.15) is 0 Å². The Bertz CT molecular complexity index is 594. The van der Waals surface area contributed by atoms with Gasteiger partial charge in [-0.3, -0.25) is 0 Å². The second-order valence-electron chi connectivity index (χ2n) is 6.30. The van der Waals surface area contributed by atoms with Crippen LogP contribution in [0, 0.1) is 17.2 Å². The summed E-state index contributed by atoms with van der Waals surface area (Å²) in [4.78, 5) is 0. The van der Waals surface area contributed by atoms with Crippen LogP contribution in [0.3, 0.4) is 0 Å². The summed E-state index contributed by atoms with van der Waals surface area (Å²) >= 11 is 0. The van der Waals surface area contributed by atoms with E-state index in [1.165, 1.54) is 5.57 Å². The molecule has 0 amide bonds. The maximum atomic E-state index is 9.51. The van der Waals surface area contributed by atoms with Gasteiger partial charge in [0.15, 0.2) is 0 Å². The van der Waals surface area contributed by atoms with Crippen molar-refractivity contribution in [3.63, 3.8) is 0 Å². The molecule has 0 aliphatic rings. The molecule has 25 heavy (non-hydrogen) atoms. The SMILES string of the molecule is C=CC/C(=C\C(C#N)=C(/C)C(=C)CC)C(C)CC/C=C/NC(=C)CC. The van der Waals surface area contributed by atoms with Crippen molar-refractivity contribution in [2.45, 2.75) is 59.8 Å². The molecule has 0 aromatic rings. The molecule has 0 radical (unpaired) electrons. The summed E-state index contributed by atoms with van der Waals surface area (Å²) < 4.78 is 0. The van der Waals surface area contributed by atoms with Gasteiger partial charge in [-0.1, -0.05) is 57.2 Å². The Hall–Kier alpha value is -2.27. The minimum atomic E-state index is 0.392. The molecule has 1 atom stereocenters. The molecule has 0 fully saturated rings. The van der Waals surface area contributed by atoms with E-state index in [1.54, 1.807) is 0 Å². The van der Waals surface area contributed by atoms with E-state index in [9.17, 15) is 5.26 Å². The minimum Gasteiger partial charge on any atom is -0.366 e. The molecule has 0 saturated heterocycles. The molecule has 0 aliphatic carbocycles. The van der Waals surface area contributed by atoms with E-state index in [2.05, 4.69) is 58.0 Å². The van der Waals surface area contributed by atoms with Gasteiger partial charge < -0.3 is 5.32 Å². The summed E-state index contributed by atoms with van der Waals surface area (Å²) in [6, 6.07) is 2.33. The Labute approximate surface area is 155 Å². The second-order valence-corrected chi connectivity index (χ2v) is 6.30. The van der Waals surface area contributed by atoms with Crippen molar-refractivity contribution >= 4 is 0 Å². The van der Waals surface area contributed by atoms with Gasteiger partial charge in [-0.15, -0.1) is 6.58 Å². The van der Waals surface area contributed by atoms with Gasteiger partial charge in [-0.25, -0.2) is 0 Å². The van der Waals surface area contributed by atoms with Gasteiger partial charge in [0.25, 0.3) is 0 Å². The highest BCUT2D eigenvalue weighted by Gasteiger charge is 2.10. The molecule has 0 saturated carbocycles. The fourth-order valence-corrected chi connectivity index (χ4v) is 2.33. The van der Waals surface area contributed by atoms with E-state index in [4.69, 9.17) is 0 Å². The lowest BCUT2D eigenvalue weighted by Gasteiger charge is -2.15. The highest BCUT2D eigenvalue weighted by molar-refractivity contribution is 5.46. The van der Waals surface area contributed by atoms with Crippen molar-refractivity contribution in [1.82, 2.24) is 5.32 Å². The molecule has 0 aliphatic heterocycles. The largest absolute Gasteiger partial charge is 0.366 e. The summed E-state index contributed by atoms with van der Waals surface area (Å²) in [5.41, 5.74) is 4.98. The first-order valence-electron chi connectivity index (χ1n) is 9.10. The topological polar surface area (TPSA) is 35.8 Å². The van der Waals surface area contributed by atoms with Crippen LogP contribution < -0.4 is 5.32 Å². The zero-order valence-corrected chi connectivity index (χ0v) is 16.5. The third-order valence-electron chi connectivity index (χ3n) is 4.42. The zero-order chi connectivity index (χ0) is 19.2. The molecular formula is C23H34N2. The number of nitriles is 1. The van der Waals surface area contributed by atoms with Crippen molar-refractivity contribution in [1.29, 1.82) is 5.26 Å². The standard InChI is InChI=1S/C23H34N2/c1-8-13-22(16-23(17-24)21(7)18(4)9-2)19(5)14-11-12-15-25-20(6)10-3/h8,12,15-16,19,25H,1,4,6,9-11,13-14H2,2-3,5,7H3/b15-12+,22-16+,23-21-. The van der Waals surface area contributed by atoms with Crippen molar-refractivity contribution < 1.29 is 0 Å². The average Bonchev–Trinajstić information content (AvgIpc) is 2.62. The van der Waals surface area contributed by atoms with Crippen LogP contribution in [-0.2, 0) is 0 Å². The Morgan fingerprint density at radius 1 is 1.24 bits per heavy atom. The number of nitrogens with zero attached hydrogens (tertiary/aromatic N) is 1. The predicted molar refractivity (Wildman–Crippen MR) is 111 cm³/mol. The summed E-state index contributed by atoms with van der Waals surface area (Å²) in [6.45, 7) is 20.1. The molecule has 0 spiro atoms. The molecule has 2 heteroatoms. The highest BCUT2D eigenvalue weighted by atomic mass is 14.8. The fourth-order valence-electron chi connectivity index (χ4n) is 2.33. The third kappa shape index (κ3) is 8.96. The van der Waals surface area contributed by atoms with Crippen LogP contribution in [0.25, 0.3) is 0 Å². The van der Waals surface area contributed by atoms with E-state index in [-0.39, 0.29) is 0 Å². The zero-order valence-electron chi connectivity index (χ0n) is 16.5. The molecule has 0 bridgehead atoms. The maximum Gasteiger partial charge on any atom is 0.0994 e. The van der Waals surface area contributed by atoms with Crippen LogP contribution in [0.4, 0.5) is 0 Å². The number of hydrogen-bond acceptors (Lipinski definition) is 2.